The fourth-order valence-electron chi connectivity index (χ4n) is 3.71. The van der Waals surface area contributed by atoms with Crippen LogP contribution in [0.3, 0.4) is 0 Å². The highest BCUT2D eigenvalue weighted by Crippen LogP contribution is 2.23. The second-order valence-electron chi connectivity index (χ2n) is 8.32. The number of carbonyl (C=O) groups excluding carboxylic acids is 2. The number of Topliss-reactive ketones (excluding diaryl/α,β-unsaturated/α-hetero) is 2. The van der Waals surface area contributed by atoms with Gasteiger partial charge in [-0.25, -0.2) is 9.59 Å². The Morgan fingerprint density at radius 3 is 1.21 bits per heavy atom. The second kappa shape index (κ2) is 14.4. The molecule has 202 valence electrons. The van der Waals surface area contributed by atoms with Gasteiger partial charge < -0.3 is 31.2 Å². The minimum Gasteiger partial charge on any atom is -0.475 e. The van der Waals surface area contributed by atoms with E-state index < -0.39 is 35.3 Å². The van der Waals surface area contributed by atoms with Gasteiger partial charge in [0.15, 0.2) is 0 Å². The average molecular weight is 527 g/mol. The summed E-state index contributed by atoms with van der Waals surface area (Å²) in [6.45, 7) is 0.401. The first-order valence-electron chi connectivity index (χ1n) is 11.6. The van der Waals surface area contributed by atoms with E-state index in [2.05, 4.69) is 0 Å². The highest BCUT2D eigenvalue weighted by molar-refractivity contribution is 6.35. The standard InChI is InChI=1S/C26H30N4O8/c27-23(28)17-5-1-15(2-6-17)19(21(31)25(33)34)9-11-37-13-14-38-12-10-20(22(32)26(35)36)16-3-7-18(8-4-16)24(29)30/h1-8,19-20H,9-14H2,(H3,27,28)(H3,29,30)(H,33,34)(H,35,36). The molecule has 0 spiro atoms. The van der Waals surface area contributed by atoms with E-state index in [1.54, 1.807) is 24.3 Å². The van der Waals surface area contributed by atoms with Crippen molar-refractivity contribution in [3.63, 3.8) is 0 Å². The van der Waals surface area contributed by atoms with Gasteiger partial charge in [0.05, 0.1) is 25.0 Å². The zero-order valence-electron chi connectivity index (χ0n) is 20.5. The van der Waals surface area contributed by atoms with Crippen molar-refractivity contribution in [3.05, 3.63) is 70.8 Å². The SMILES string of the molecule is N=C(N)c1ccc(C(CCOCCOCCC(C(=O)C(=O)O)c2ccc(C(=N)N)cc2)C(=O)C(=O)O)cc1. The number of ketones is 2. The van der Waals surface area contributed by atoms with E-state index in [0.29, 0.717) is 22.3 Å². The molecule has 0 aliphatic carbocycles. The molecule has 0 aromatic heterocycles. The lowest BCUT2D eigenvalue weighted by Crippen LogP contribution is -2.24. The third-order valence-electron chi connectivity index (χ3n) is 5.78. The van der Waals surface area contributed by atoms with Crippen molar-refractivity contribution >= 4 is 35.2 Å². The molecule has 0 bridgehead atoms. The second-order valence-corrected chi connectivity index (χ2v) is 8.32. The Kier molecular flexibility index (Phi) is 11.3. The number of benzene rings is 2. The molecule has 0 amide bonds. The number of hydrogen-bond donors (Lipinski definition) is 6. The average Bonchev–Trinajstić information content (AvgIpc) is 2.89. The Morgan fingerprint density at radius 2 is 0.947 bits per heavy atom. The van der Waals surface area contributed by atoms with Crippen molar-refractivity contribution in [2.75, 3.05) is 26.4 Å². The Balaban J connectivity index is 1.83. The number of aliphatic carboxylic acids is 2. The number of nitrogen functional groups attached to an aromatic ring is 2. The van der Waals surface area contributed by atoms with Gasteiger partial charge in [-0.05, 0) is 24.0 Å². The van der Waals surface area contributed by atoms with Crippen molar-refractivity contribution in [2.45, 2.75) is 24.7 Å². The van der Waals surface area contributed by atoms with Gasteiger partial charge in [0, 0.05) is 24.3 Å². The molecule has 0 radical (unpaired) electrons. The van der Waals surface area contributed by atoms with E-state index >= 15 is 0 Å². The first-order valence-corrected chi connectivity index (χ1v) is 11.6. The summed E-state index contributed by atoms with van der Waals surface area (Å²) in [6.07, 6.45) is 0.214. The van der Waals surface area contributed by atoms with E-state index in [-0.39, 0.29) is 50.9 Å². The molecule has 2 rings (SSSR count). The molecule has 12 nitrogen and oxygen atoms in total. The number of ether oxygens (including phenoxy) is 2. The number of hydrogen-bond acceptors (Lipinski definition) is 8. The monoisotopic (exact) mass is 526 g/mol. The first kappa shape index (κ1) is 29.8. The lowest BCUT2D eigenvalue weighted by atomic mass is 9.91. The molecular weight excluding hydrogens is 496 g/mol. The van der Waals surface area contributed by atoms with Gasteiger partial charge in [0.1, 0.15) is 11.7 Å². The lowest BCUT2D eigenvalue weighted by molar-refractivity contribution is -0.150. The summed E-state index contributed by atoms with van der Waals surface area (Å²) in [5.41, 5.74) is 12.7. The molecule has 2 aromatic carbocycles. The molecule has 0 heterocycles. The van der Waals surface area contributed by atoms with Crippen LogP contribution in [-0.4, -0.2) is 71.8 Å². The largest absolute Gasteiger partial charge is 0.475 e. The number of amidine groups is 2. The van der Waals surface area contributed by atoms with Crippen molar-refractivity contribution in [1.82, 2.24) is 0 Å². The van der Waals surface area contributed by atoms with Gasteiger partial charge in [-0.1, -0.05) is 48.5 Å². The predicted octanol–water partition coefficient (Wildman–Crippen LogP) is 1.24. The molecular formula is C26H30N4O8. The Labute approximate surface area is 218 Å². The minimum absolute atomic E-state index is 0.0735. The van der Waals surface area contributed by atoms with Gasteiger partial charge in [-0.3, -0.25) is 20.4 Å². The molecule has 2 aromatic rings. The quantitative estimate of drug-likeness (QED) is 0.0747. The van der Waals surface area contributed by atoms with Crippen molar-refractivity contribution in [3.8, 4) is 0 Å². The third-order valence-corrected chi connectivity index (χ3v) is 5.78. The number of carboxylic acids is 2. The van der Waals surface area contributed by atoms with Crippen molar-refractivity contribution in [2.24, 2.45) is 11.5 Å². The van der Waals surface area contributed by atoms with E-state index in [1.807, 2.05) is 0 Å². The summed E-state index contributed by atoms with van der Waals surface area (Å²) in [4.78, 5) is 46.8. The van der Waals surface area contributed by atoms with Gasteiger partial charge in [0.25, 0.3) is 0 Å². The Morgan fingerprint density at radius 1 is 0.632 bits per heavy atom. The Bertz CT molecular complexity index is 1090. The van der Waals surface area contributed by atoms with Crippen LogP contribution < -0.4 is 11.5 Å². The van der Waals surface area contributed by atoms with Crippen LogP contribution in [0.1, 0.15) is 46.9 Å². The molecule has 2 unspecified atom stereocenters. The zero-order chi connectivity index (χ0) is 28.2. The number of carboxylic acid groups (broad SMARTS) is 2. The number of nitrogens with two attached hydrogens (primary N) is 2. The van der Waals surface area contributed by atoms with Gasteiger partial charge in [-0.2, -0.15) is 0 Å². The summed E-state index contributed by atoms with van der Waals surface area (Å²) in [5.74, 6) is -7.25. The number of carbonyl (C=O) groups is 4. The zero-order valence-corrected chi connectivity index (χ0v) is 20.5. The van der Waals surface area contributed by atoms with E-state index in [0.717, 1.165) is 0 Å². The van der Waals surface area contributed by atoms with Gasteiger partial charge in [-0.15, -0.1) is 0 Å². The Hall–Kier alpha value is -4.42. The topological polar surface area (TPSA) is 227 Å². The number of nitrogens with one attached hydrogen (secondary N) is 2. The molecule has 12 heteroatoms. The van der Waals surface area contributed by atoms with Crippen LogP contribution in [0.2, 0.25) is 0 Å². The van der Waals surface area contributed by atoms with E-state index in [9.17, 15) is 19.2 Å². The summed E-state index contributed by atoms with van der Waals surface area (Å²) >= 11 is 0. The number of rotatable bonds is 17. The van der Waals surface area contributed by atoms with Crippen molar-refractivity contribution in [1.29, 1.82) is 10.8 Å². The molecule has 8 N–H and O–H groups in total. The fourth-order valence-corrected chi connectivity index (χ4v) is 3.71. The maximum atomic E-state index is 12.2. The highest BCUT2D eigenvalue weighted by Gasteiger charge is 2.27. The molecule has 2 atom stereocenters. The molecule has 0 aliphatic heterocycles. The van der Waals surface area contributed by atoms with Crippen LogP contribution in [0, 0.1) is 10.8 Å². The summed E-state index contributed by atoms with van der Waals surface area (Å²) in [7, 11) is 0. The summed E-state index contributed by atoms with van der Waals surface area (Å²) in [6, 6.07) is 12.3. The molecule has 0 saturated heterocycles. The molecule has 0 aliphatic rings. The van der Waals surface area contributed by atoms with E-state index in [1.165, 1.54) is 24.3 Å². The molecule has 38 heavy (non-hydrogen) atoms. The van der Waals surface area contributed by atoms with Crippen LogP contribution in [0.4, 0.5) is 0 Å². The normalized spacial score (nSPS) is 12.3. The van der Waals surface area contributed by atoms with Crippen LogP contribution in [0.25, 0.3) is 0 Å². The van der Waals surface area contributed by atoms with Gasteiger partial charge in [0.2, 0.25) is 11.6 Å². The maximum absolute atomic E-state index is 12.2. The molecule has 0 fully saturated rings. The van der Waals surface area contributed by atoms with Crippen LogP contribution in [0.5, 0.6) is 0 Å². The molecule has 0 saturated carbocycles. The van der Waals surface area contributed by atoms with Crippen LogP contribution in [0.15, 0.2) is 48.5 Å². The van der Waals surface area contributed by atoms with Crippen molar-refractivity contribution < 1.29 is 38.9 Å². The summed E-state index contributed by atoms with van der Waals surface area (Å²) in [5, 5.41) is 33.2. The minimum atomic E-state index is -1.56. The van der Waals surface area contributed by atoms with Gasteiger partial charge >= 0.3 is 11.9 Å². The lowest BCUT2D eigenvalue weighted by Gasteiger charge is -2.16. The maximum Gasteiger partial charge on any atom is 0.372 e. The highest BCUT2D eigenvalue weighted by atomic mass is 16.5. The first-order chi connectivity index (χ1) is 18.0. The predicted molar refractivity (Wildman–Crippen MR) is 137 cm³/mol. The van der Waals surface area contributed by atoms with Crippen LogP contribution in [-0.2, 0) is 28.7 Å². The smallest absolute Gasteiger partial charge is 0.372 e. The summed E-state index contributed by atoms with van der Waals surface area (Å²) < 4.78 is 10.9. The van der Waals surface area contributed by atoms with E-state index in [4.69, 9.17) is 42.0 Å². The fraction of sp³-hybridized carbons (Fsp3) is 0.308. The van der Waals surface area contributed by atoms with Crippen LogP contribution >= 0.6 is 0 Å². The third kappa shape index (κ3) is 8.61.